The van der Waals surface area contributed by atoms with Crippen LogP contribution in [0.15, 0.2) is 45.7 Å². The molecular formula is C19H21N5O3. The molecule has 1 amide bonds. The molecule has 3 aromatic rings. The van der Waals surface area contributed by atoms with Crippen LogP contribution in [-0.4, -0.2) is 25.8 Å². The molecular weight excluding hydrogens is 346 g/mol. The molecule has 8 nitrogen and oxygen atoms in total. The zero-order valence-electron chi connectivity index (χ0n) is 14.9. The van der Waals surface area contributed by atoms with Gasteiger partial charge in [-0.15, -0.1) is 0 Å². The summed E-state index contributed by atoms with van der Waals surface area (Å²) >= 11 is 0. The van der Waals surface area contributed by atoms with Crippen molar-refractivity contribution in [1.82, 2.24) is 25.2 Å². The van der Waals surface area contributed by atoms with E-state index in [0.717, 1.165) is 18.7 Å². The van der Waals surface area contributed by atoms with Gasteiger partial charge in [-0.2, -0.15) is 4.98 Å². The highest BCUT2D eigenvalue weighted by Crippen LogP contribution is 2.30. The molecule has 1 aliphatic rings. The van der Waals surface area contributed by atoms with Gasteiger partial charge in [0.15, 0.2) is 5.82 Å². The van der Waals surface area contributed by atoms with Gasteiger partial charge in [0.25, 0.3) is 11.5 Å². The number of amides is 1. The number of H-pyrrole nitrogens is 1. The second kappa shape index (κ2) is 7.61. The lowest BCUT2D eigenvalue weighted by Gasteiger charge is -2.17. The van der Waals surface area contributed by atoms with Gasteiger partial charge in [0.1, 0.15) is 5.69 Å². The number of aromatic amines is 1. The van der Waals surface area contributed by atoms with Crippen LogP contribution in [0.1, 0.15) is 60.2 Å². The van der Waals surface area contributed by atoms with Crippen LogP contribution >= 0.6 is 0 Å². The Balaban J connectivity index is 1.40. The van der Waals surface area contributed by atoms with Crippen molar-refractivity contribution >= 4 is 5.91 Å². The number of aromatic nitrogens is 4. The van der Waals surface area contributed by atoms with Crippen molar-refractivity contribution in [2.45, 2.75) is 44.6 Å². The molecule has 4 rings (SSSR count). The summed E-state index contributed by atoms with van der Waals surface area (Å²) in [5.74, 6) is 1.04. The third-order valence-electron chi connectivity index (χ3n) is 4.83. The molecule has 1 fully saturated rings. The minimum Gasteiger partial charge on any atom is -0.342 e. The zero-order chi connectivity index (χ0) is 18.6. The Kier molecular flexibility index (Phi) is 4.86. The second-order valence-electron chi connectivity index (χ2n) is 6.74. The van der Waals surface area contributed by atoms with Gasteiger partial charge in [0.05, 0.1) is 12.2 Å². The number of benzene rings is 1. The molecule has 0 aliphatic heterocycles. The Labute approximate surface area is 155 Å². The lowest BCUT2D eigenvalue weighted by Crippen LogP contribution is -2.23. The van der Waals surface area contributed by atoms with E-state index in [1.807, 2.05) is 18.2 Å². The summed E-state index contributed by atoms with van der Waals surface area (Å²) < 4.78 is 6.57. The molecule has 2 heterocycles. The molecule has 0 atom stereocenters. The lowest BCUT2D eigenvalue weighted by molar-refractivity contribution is 0.0941. The van der Waals surface area contributed by atoms with Crippen molar-refractivity contribution in [2.75, 3.05) is 0 Å². The molecule has 2 N–H and O–H groups in total. The number of hydrogen-bond acceptors (Lipinski definition) is 5. The van der Waals surface area contributed by atoms with Crippen LogP contribution in [-0.2, 0) is 6.54 Å². The zero-order valence-corrected chi connectivity index (χ0v) is 14.9. The van der Waals surface area contributed by atoms with Crippen LogP contribution < -0.4 is 10.9 Å². The predicted molar refractivity (Wildman–Crippen MR) is 97.7 cm³/mol. The van der Waals surface area contributed by atoms with Crippen LogP contribution in [0.3, 0.4) is 0 Å². The number of hydrogen-bond donors (Lipinski definition) is 2. The standard InChI is InChI=1S/C19H21N5O3/c25-17-11-15(22-24(17)14-9-5-2-6-10-14)19(26)20-12-16-21-18(23-27-16)13-7-3-1-4-8-13/h2,5-6,9-11,13,22H,1,3-4,7-8,12H2,(H,20,26). The third kappa shape index (κ3) is 3.84. The van der Waals surface area contributed by atoms with Crippen molar-refractivity contribution in [3.8, 4) is 5.69 Å². The third-order valence-corrected chi connectivity index (χ3v) is 4.83. The first-order chi connectivity index (χ1) is 13.2. The largest absolute Gasteiger partial charge is 0.342 e. The van der Waals surface area contributed by atoms with Crippen molar-refractivity contribution in [2.24, 2.45) is 0 Å². The normalized spacial score (nSPS) is 15.0. The number of nitrogens with zero attached hydrogens (tertiary/aromatic N) is 3. The van der Waals surface area contributed by atoms with Gasteiger partial charge in [-0.3, -0.25) is 14.7 Å². The van der Waals surface area contributed by atoms with E-state index in [1.165, 1.54) is 30.0 Å². The van der Waals surface area contributed by atoms with Gasteiger partial charge >= 0.3 is 0 Å². The van der Waals surface area contributed by atoms with Gasteiger partial charge < -0.3 is 9.84 Å². The molecule has 8 heteroatoms. The van der Waals surface area contributed by atoms with Gasteiger partial charge in [-0.1, -0.05) is 42.6 Å². The summed E-state index contributed by atoms with van der Waals surface area (Å²) in [5, 5.41) is 9.57. The summed E-state index contributed by atoms with van der Waals surface area (Å²) in [7, 11) is 0. The topological polar surface area (TPSA) is 106 Å². The molecule has 140 valence electrons. The first kappa shape index (κ1) is 17.3. The maximum atomic E-state index is 12.3. The molecule has 0 saturated heterocycles. The molecule has 2 aromatic heterocycles. The molecule has 27 heavy (non-hydrogen) atoms. The van der Waals surface area contributed by atoms with Gasteiger partial charge in [-0.25, -0.2) is 4.68 Å². The summed E-state index contributed by atoms with van der Waals surface area (Å²) in [6, 6.07) is 10.3. The smallest absolute Gasteiger partial charge is 0.271 e. The maximum absolute atomic E-state index is 12.3. The average Bonchev–Trinajstić information content (AvgIpc) is 3.34. The Hall–Kier alpha value is -3.16. The average molecular weight is 367 g/mol. The SMILES string of the molecule is O=C(NCc1nc(C2CCCCC2)no1)c1cc(=O)n(-c2ccccc2)[nH]1. The van der Waals surface area contributed by atoms with E-state index in [0.29, 0.717) is 17.5 Å². The quantitative estimate of drug-likeness (QED) is 0.721. The first-order valence-corrected chi connectivity index (χ1v) is 9.19. The number of nitrogens with one attached hydrogen (secondary N) is 2. The van der Waals surface area contributed by atoms with Gasteiger partial charge in [-0.05, 0) is 25.0 Å². The van der Waals surface area contributed by atoms with E-state index in [2.05, 4.69) is 20.6 Å². The van der Waals surface area contributed by atoms with Crippen molar-refractivity contribution in [3.63, 3.8) is 0 Å². The number of carbonyl (C=O) groups excluding carboxylic acids is 1. The van der Waals surface area contributed by atoms with Crippen LogP contribution in [0.2, 0.25) is 0 Å². The first-order valence-electron chi connectivity index (χ1n) is 9.19. The van der Waals surface area contributed by atoms with Crippen LogP contribution in [0.4, 0.5) is 0 Å². The number of carbonyl (C=O) groups is 1. The van der Waals surface area contributed by atoms with E-state index in [9.17, 15) is 9.59 Å². The fourth-order valence-electron chi connectivity index (χ4n) is 3.40. The Morgan fingerprint density at radius 1 is 1.22 bits per heavy atom. The molecule has 1 aromatic carbocycles. The highest BCUT2D eigenvalue weighted by atomic mass is 16.5. The summed E-state index contributed by atoms with van der Waals surface area (Å²) in [6.45, 7) is 0.122. The summed E-state index contributed by atoms with van der Waals surface area (Å²) in [6.07, 6.45) is 5.81. The Bertz CT molecular complexity index is 967. The summed E-state index contributed by atoms with van der Waals surface area (Å²) in [4.78, 5) is 28.8. The van der Waals surface area contributed by atoms with E-state index in [4.69, 9.17) is 4.52 Å². The highest BCUT2D eigenvalue weighted by Gasteiger charge is 2.21. The molecule has 0 radical (unpaired) electrons. The monoisotopic (exact) mass is 367 g/mol. The van der Waals surface area contributed by atoms with Crippen molar-refractivity contribution in [1.29, 1.82) is 0 Å². The van der Waals surface area contributed by atoms with Crippen LogP contribution in [0.25, 0.3) is 5.69 Å². The van der Waals surface area contributed by atoms with E-state index >= 15 is 0 Å². The van der Waals surface area contributed by atoms with E-state index < -0.39 is 5.91 Å². The number of rotatable bonds is 5. The minimum atomic E-state index is -0.404. The lowest BCUT2D eigenvalue weighted by atomic mass is 9.89. The van der Waals surface area contributed by atoms with Crippen molar-refractivity contribution < 1.29 is 9.32 Å². The molecule has 0 unspecified atom stereocenters. The van der Waals surface area contributed by atoms with Crippen LogP contribution in [0, 0.1) is 0 Å². The summed E-state index contributed by atoms with van der Waals surface area (Å²) in [5.41, 5.74) is 0.537. The van der Waals surface area contributed by atoms with Gasteiger partial charge in [0, 0.05) is 12.0 Å². The fourth-order valence-corrected chi connectivity index (χ4v) is 3.40. The van der Waals surface area contributed by atoms with Crippen LogP contribution in [0.5, 0.6) is 0 Å². The molecule has 0 spiro atoms. The van der Waals surface area contributed by atoms with E-state index in [1.54, 1.807) is 12.1 Å². The molecule has 1 aliphatic carbocycles. The van der Waals surface area contributed by atoms with E-state index in [-0.39, 0.29) is 17.8 Å². The van der Waals surface area contributed by atoms with Gasteiger partial charge in [0.2, 0.25) is 5.89 Å². The highest BCUT2D eigenvalue weighted by molar-refractivity contribution is 5.92. The predicted octanol–water partition coefficient (Wildman–Crippen LogP) is 2.53. The minimum absolute atomic E-state index is 0.122. The Morgan fingerprint density at radius 3 is 2.78 bits per heavy atom. The fraction of sp³-hybridized carbons (Fsp3) is 0.368. The van der Waals surface area contributed by atoms with Crippen molar-refractivity contribution in [3.05, 3.63) is 64.2 Å². The maximum Gasteiger partial charge on any atom is 0.271 e. The molecule has 0 bridgehead atoms. The second-order valence-corrected chi connectivity index (χ2v) is 6.74. The number of para-hydroxylation sites is 1. The molecule has 1 saturated carbocycles. The Morgan fingerprint density at radius 2 is 2.00 bits per heavy atom.